The van der Waals surface area contributed by atoms with Crippen LogP contribution in [-0.2, 0) is 4.79 Å². The first-order valence-corrected chi connectivity index (χ1v) is 9.96. The summed E-state index contributed by atoms with van der Waals surface area (Å²) in [7, 11) is 1.50. The fourth-order valence-corrected chi connectivity index (χ4v) is 2.79. The molecule has 0 atom stereocenters. The molecule has 7 heteroatoms. The minimum Gasteiger partial charge on any atom is -0.493 e. The topological polar surface area (TPSA) is 67.9 Å². The summed E-state index contributed by atoms with van der Waals surface area (Å²) in [5.74, 6) is 0.822. The van der Waals surface area contributed by atoms with Crippen molar-refractivity contribution in [1.82, 2.24) is 10.2 Å². The Hall–Kier alpha value is -1.95. The van der Waals surface area contributed by atoms with Crippen LogP contribution in [0.3, 0.4) is 0 Å². The van der Waals surface area contributed by atoms with E-state index in [-0.39, 0.29) is 23.9 Å². The molecule has 28 heavy (non-hydrogen) atoms. The summed E-state index contributed by atoms with van der Waals surface area (Å²) >= 11 is 6.36. The molecule has 0 aliphatic heterocycles. The number of halogens is 1. The van der Waals surface area contributed by atoms with E-state index in [0.29, 0.717) is 41.2 Å². The average Bonchev–Trinajstić information content (AvgIpc) is 2.58. The quantitative estimate of drug-likeness (QED) is 0.661. The first-order valence-electron chi connectivity index (χ1n) is 9.59. The maximum atomic E-state index is 12.9. The number of hydrogen-bond donors (Lipinski definition) is 1. The Morgan fingerprint density at radius 2 is 1.89 bits per heavy atom. The van der Waals surface area contributed by atoms with E-state index < -0.39 is 0 Å². The zero-order chi connectivity index (χ0) is 21.5. The number of nitrogens with one attached hydrogen (secondary N) is 1. The van der Waals surface area contributed by atoms with Crippen molar-refractivity contribution in [3.63, 3.8) is 0 Å². The minimum atomic E-state index is -0.360. The van der Waals surface area contributed by atoms with E-state index in [1.165, 1.54) is 12.0 Å². The lowest BCUT2D eigenvalue weighted by Gasteiger charge is -2.25. The second-order valence-corrected chi connectivity index (χ2v) is 8.55. The van der Waals surface area contributed by atoms with Crippen molar-refractivity contribution in [3.05, 3.63) is 22.7 Å². The Kier molecular flexibility index (Phi) is 9.08. The molecular formula is C21H33ClN2O4. The molecule has 0 unspecified atom stereocenters. The summed E-state index contributed by atoms with van der Waals surface area (Å²) in [6.45, 7) is 12.6. The van der Waals surface area contributed by atoms with E-state index in [9.17, 15) is 9.59 Å². The molecule has 0 saturated heterocycles. The third kappa shape index (κ3) is 7.58. The monoisotopic (exact) mass is 412 g/mol. The van der Waals surface area contributed by atoms with Gasteiger partial charge >= 0.3 is 0 Å². The van der Waals surface area contributed by atoms with Gasteiger partial charge in [0, 0.05) is 17.6 Å². The predicted molar refractivity (Wildman–Crippen MR) is 112 cm³/mol. The number of amides is 2. The van der Waals surface area contributed by atoms with Gasteiger partial charge in [-0.3, -0.25) is 9.59 Å². The third-order valence-corrected chi connectivity index (χ3v) is 4.22. The zero-order valence-corrected chi connectivity index (χ0v) is 18.8. The molecule has 0 aromatic heterocycles. The number of methoxy groups -OCH3 is 1. The smallest absolute Gasteiger partial charge is 0.254 e. The molecule has 0 radical (unpaired) electrons. The molecule has 2 amide bonds. The van der Waals surface area contributed by atoms with Crippen LogP contribution in [0.15, 0.2) is 12.1 Å². The predicted octanol–water partition coefficient (Wildman–Crippen LogP) is 4.15. The Labute approximate surface area is 173 Å². The largest absolute Gasteiger partial charge is 0.493 e. The van der Waals surface area contributed by atoms with Gasteiger partial charge in [0.25, 0.3) is 5.91 Å². The van der Waals surface area contributed by atoms with Crippen molar-refractivity contribution in [2.45, 2.75) is 53.5 Å². The van der Waals surface area contributed by atoms with E-state index in [1.54, 1.807) is 12.1 Å². The lowest BCUT2D eigenvalue weighted by molar-refractivity contribution is -0.123. The van der Waals surface area contributed by atoms with Crippen LogP contribution < -0.4 is 14.8 Å². The van der Waals surface area contributed by atoms with E-state index in [1.807, 2.05) is 27.7 Å². The van der Waals surface area contributed by atoms with E-state index >= 15 is 0 Å². The van der Waals surface area contributed by atoms with Crippen molar-refractivity contribution in [2.75, 3.05) is 26.8 Å². The maximum Gasteiger partial charge on any atom is 0.254 e. The van der Waals surface area contributed by atoms with Gasteiger partial charge < -0.3 is 19.7 Å². The summed E-state index contributed by atoms with van der Waals surface area (Å²) in [5.41, 5.74) is -0.00964. The number of hydrogen-bond acceptors (Lipinski definition) is 4. The van der Waals surface area contributed by atoms with Crippen molar-refractivity contribution >= 4 is 23.4 Å². The van der Waals surface area contributed by atoms with Gasteiger partial charge in [0.05, 0.1) is 25.3 Å². The number of benzene rings is 1. The van der Waals surface area contributed by atoms with Crippen LogP contribution in [0.2, 0.25) is 5.02 Å². The fourth-order valence-electron chi connectivity index (χ4n) is 2.52. The van der Waals surface area contributed by atoms with Gasteiger partial charge in [-0.1, -0.05) is 25.4 Å². The van der Waals surface area contributed by atoms with E-state index in [4.69, 9.17) is 21.1 Å². The number of ether oxygens (including phenoxy) is 2. The van der Waals surface area contributed by atoms with Crippen LogP contribution in [0.4, 0.5) is 0 Å². The molecule has 1 aromatic rings. The molecule has 0 fully saturated rings. The summed E-state index contributed by atoms with van der Waals surface area (Å²) in [5, 5.41) is 3.17. The highest BCUT2D eigenvalue weighted by atomic mass is 35.5. The Bertz CT molecular complexity index is 684. The maximum absolute atomic E-state index is 12.9. The molecule has 0 heterocycles. The number of carbonyl (C=O) groups excluding carboxylic acids is 2. The molecule has 1 rings (SSSR count). The van der Waals surface area contributed by atoms with Gasteiger partial charge in [-0.2, -0.15) is 0 Å². The first-order chi connectivity index (χ1) is 13.0. The molecule has 1 N–H and O–H groups in total. The normalized spacial score (nSPS) is 11.3. The molecule has 158 valence electrons. The van der Waals surface area contributed by atoms with Gasteiger partial charge in [0.1, 0.15) is 0 Å². The van der Waals surface area contributed by atoms with Gasteiger partial charge in [-0.05, 0) is 52.2 Å². The summed E-state index contributed by atoms with van der Waals surface area (Å²) in [4.78, 5) is 26.6. The zero-order valence-electron chi connectivity index (χ0n) is 18.0. The van der Waals surface area contributed by atoms with Crippen molar-refractivity contribution in [2.24, 2.45) is 5.92 Å². The first kappa shape index (κ1) is 24.1. The number of likely N-dealkylation sites (N-methyl/N-ethyl adjacent to an activating group) is 1. The average molecular weight is 413 g/mol. The van der Waals surface area contributed by atoms with E-state index in [2.05, 4.69) is 19.2 Å². The van der Waals surface area contributed by atoms with E-state index in [0.717, 1.165) is 6.42 Å². The van der Waals surface area contributed by atoms with Crippen LogP contribution in [0, 0.1) is 5.92 Å². The SMILES string of the molecule is CCN(CC(=O)NC(C)(C)C)C(=O)c1cc(Cl)c(OCCC(C)C)c(OC)c1. The van der Waals surface area contributed by atoms with Gasteiger partial charge in [0.2, 0.25) is 5.91 Å². The van der Waals surface area contributed by atoms with Crippen LogP contribution in [0.1, 0.15) is 58.3 Å². The molecular weight excluding hydrogens is 380 g/mol. The number of nitrogens with zero attached hydrogens (tertiary/aromatic N) is 1. The molecule has 6 nitrogen and oxygen atoms in total. The third-order valence-electron chi connectivity index (χ3n) is 3.94. The molecule has 0 aliphatic carbocycles. The van der Waals surface area contributed by atoms with Crippen LogP contribution in [-0.4, -0.2) is 49.1 Å². The molecule has 0 saturated carbocycles. The van der Waals surface area contributed by atoms with Crippen molar-refractivity contribution < 1.29 is 19.1 Å². The van der Waals surface area contributed by atoms with Crippen LogP contribution in [0.25, 0.3) is 0 Å². The van der Waals surface area contributed by atoms with Crippen molar-refractivity contribution in [3.8, 4) is 11.5 Å². The highest BCUT2D eigenvalue weighted by molar-refractivity contribution is 6.32. The van der Waals surface area contributed by atoms with Crippen molar-refractivity contribution in [1.29, 1.82) is 0 Å². The van der Waals surface area contributed by atoms with Gasteiger partial charge in [-0.25, -0.2) is 0 Å². The van der Waals surface area contributed by atoms with Crippen LogP contribution >= 0.6 is 11.6 Å². The minimum absolute atomic E-state index is 0.0286. The van der Waals surface area contributed by atoms with Crippen LogP contribution in [0.5, 0.6) is 11.5 Å². The lowest BCUT2D eigenvalue weighted by Crippen LogP contribution is -2.47. The Morgan fingerprint density at radius 3 is 2.39 bits per heavy atom. The lowest BCUT2D eigenvalue weighted by atomic mass is 10.1. The Morgan fingerprint density at radius 1 is 1.25 bits per heavy atom. The second-order valence-electron chi connectivity index (χ2n) is 8.14. The molecule has 0 bridgehead atoms. The molecule has 1 aromatic carbocycles. The summed E-state index contributed by atoms with van der Waals surface area (Å²) in [6.07, 6.45) is 0.882. The number of rotatable bonds is 9. The second kappa shape index (κ2) is 10.6. The molecule has 0 spiro atoms. The Balaban J connectivity index is 2.99. The molecule has 0 aliphatic rings. The van der Waals surface area contributed by atoms with Gasteiger partial charge in [-0.15, -0.1) is 0 Å². The summed E-state index contributed by atoms with van der Waals surface area (Å²) in [6, 6.07) is 3.16. The highest BCUT2D eigenvalue weighted by Crippen LogP contribution is 2.37. The number of carbonyl (C=O) groups is 2. The summed E-state index contributed by atoms with van der Waals surface area (Å²) < 4.78 is 11.1. The fraction of sp³-hybridized carbons (Fsp3) is 0.619. The van der Waals surface area contributed by atoms with Gasteiger partial charge in [0.15, 0.2) is 11.5 Å². The standard InChI is InChI=1S/C21H33ClN2O4/c1-8-24(13-18(25)23-21(4,5)6)20(26)15-11-16(22)19(17(12-15)27-7)28-10-9-14(2)3/h11-12,14H,8-10,13H2,1-7H3,(H,23,25). The highest BCUT2D eigenvalue weighted by Gasteiger charge is 2.23.